The highest BCUT2D eigenvalue weighted by molar-refractivity contribution is 6.03. The van der Waals surface area contributed by atoms with Crippen LogP contribution < -0.4 is 5.32 Å². The second kappa shape index (κ2) is 7.66. The summed E-state index contributed by atoms with van der Waals surface area (Å²) in [5, 5.41) is 7.41. The summed E-state index contributed by atoms with van der Waals surface area (Å²) in [7, 11) is 1.85. The summed E-state index contributed by atoms with van der Waals surface area (Å²) in [6.45, 7) is 7.10. The number of anilines is 1. The van der Waals surface area contributed by atoms with Crippen molar-refractivity contribution in [3.63, 3.8) is 0 Å². The Morgan fingerprint density at radius 2 is 2.12 bits per heavy atom. The van der Waals surface area contributed by atoms with E-state index in [1.54, 1.807) is 4.68 Å². The molecule has 1 N–H and O–H groups in total. The maximum absolute atomic E-state index is 12.6. The van der Waals surface area contributed by atoms with Crippen LogP contribution in [-0.4, -0.2) is 33.7 Å². The van der Waals surface area contributed by atoms with Crippen LogP contribution in [0.4, 0.5) is 5.82 Å². The first-order valence-corrected chi connectivity index (χ1v) is 8.84. The predicted molar refractivity (Wildman–Crippen MR) is 101 cm³/mol. The van der Waals surface area contributed by atoms with Gasteiger partial charge in [-0.25, -0.2) is 0 Å². The Kier molecular flexibility index (Phi) is 5.34. The fourth-order valence-electron chi connectivity index (χ4n) is 2.98. The van der Waals surface area contributed by atoms with Crippen molar-refractivity contribution >= 4 is 11.7 Å². The van der Waals surface area contributed by atoms with E-state index in [0.717, 1.165) is 43.1 Å². The van der Waals surface area contributed by atoms with Crippen molar-refractivity contribution in [2.75, 3.05) is 18.4 Å². The Labute approximate surface area is 149 Å². The van der Waals surface area contributed by atoms with Crippen LogP contribution in [-0.2, 0) is 13.6 Å². The SMILES string of the molecule is CC(C)c1cc(NC(=O)c2cccc(CN3CC=CCC3)c2)n(C)n1. The number of aromatic nitrogens is 2. The standard InChI is InChI=1S/C20H26N4O/c1-15(2)18-13-19(23(3)22-18)21-20(25)17-9-7-8-16(12-17)14-24-10-5-4-6-11-24/h4-5,7-9,12-13,15H,6,10-11,14H2,1-3H3,(H,21,25). The average Bonchev–Trinajstić information content (AvgIpc) is 2.97. The number of benzene rings is 1. The molecule has 0 spiro atoms. The van der Waals surface area contributed by atoms with E-state index >= 15 is 0 Å². The molecule has 0 fully saturated rings. The molecule has 1 amide bonds. The molecule has 5 nitrogen and oxygen atoms in total. The maximum Gasteiger partial charge on any atom is 0.256 e. The van der Waals surface area contributed by atoms with Crippen LogP contribution in [0.15, 0.2) is 42.5 Å². The minimum atomic E-state index is -0.0984. The van der Waals surface area contributed by atoms with E-state index in [9.17, 15) is 4.79 Å². The molecule has 3 rings (SSSR count). The molecule has 1 aliphatic rings. The van der Waals surface area contributed by atoms with Crippen molar-refractivity contribution in [2.45, 2.75) is 32.7 Å². The van der Waals surface area contributed by atoms with Crippen LogP contribution in [0.5, 0.6) is 0 Å². The number of nitrogens with zero attached hydrogens (tertiary/aromatic N) is 3. The monoisotopic (exact) mass is 338 g/mol. The van der Waals surface area contributed by atoms with Gasteiger partial charge in [-0.15, -0.1) is 0 Å². The lowest BCUT2D eigenvalue weighted by Crippen LogP contribution is -2.26. The van der Waals surface area contributed by atoms with Crippen molar-refractivity contribution < 1.29 is 4.79 Å². The highest BCUT2D eigenvalue weighted by Crippen LogP contribution is 2.18. The van der Waals surface area contributed by atoms with Gasteiger partial charge in [-0.3, -0.25) is 14.4 Å². The Balaban J connectivity index is 1.69. The highest BCUT2D eigenvalue weighted by Gasteiger charge is 2.13. The van der Waals surface area contributed by atoms with Gasteiger partial charge >= 0.3 is 0 Å². The third-order valence-corrected chi connectivity index (χ3v) is 4.47. The van der Waals surface area contributed by atoms with Gasteiger partial charge in [0.1, 0.15) is 5.82 Å². The van der Waals surface area contributed by atoms with Crippen LogP contribution in [0.25, 0.3) is 0 Å². The zero-order chi connectivity index (χ0) is 17.8. The molecule has 1 aliphatic heterocycles. The van der Waals surface area contributed by atoms with E-state index in [1.165, 1.54) is 0 Å². The molecule has 0 saturated heterocycles. The topological polar surface area (TPSA) is 50.2 Å². The van der Waals surface area contributed by atoms with Gasteiger partial charge in [0, 0.05) is 38.3 Å². The van der Waals surface area contributed by atoms with Crippen molar-refractivity contribution in [3.05, 3.63) is 59.3 Å². The molecule has 0 bridgehead atoms. The Hall–Kier alpha value is -2.40. The summed E-state index contributed by atoms with van der Waals surface area (Å²) in [6, 6.07) is 9.80. The largest absolute Gasteiger partial charge is 0.307 e. The minimum absolute atomic E-state index is 0.0984. The average molecular weight is 338 g/mol. The van der Waals surface area contributed by atoms with Crippen LogP contribution in [0, 0.1) is 0 Å². The summed E-state index contributed by atoms with van der Waals surface area (Å²) in [5.74, 6) is 0.956. The van der Waals surface area contributed by atoms with Gasteiger partial charge in [-0.05, 0) is 30.0 Å². The molecule has 1 aromatic carbocycles. The number of rotatable bonds is 5. The highest BCUT2D eigenvalue weighted by atomic mass is 16.1. The first-order chi connectivity index (χ1) is 12.0. The molecular formula is C20H26N4O. The zero-order valence-corrected chi connectivity index (χ0v) is 15.2. The van der Waals surface area contributed by atoms with Gasteiger partial charge in [0.15, 0.2) is 0 Å². The van der Waals surface area contributed by atoms with Crippen LogP contribution in [0.3, 0.4) is 0 Å². The van der Waals surface area contributed by atoms with Crippen molar-refractivity contribution in [1.82, 2.24) is 14.7 Å². The summed E-state index contributed by atoms with van der Waals surface area (Å²) >= 11 is 0. The third-order valence-electron chi connectivity index (χ3n) is 4.47. The molecule has 0 aliphatic carbocycles. The first-order valence-electron chi connectivity index (χ1n) is 8.84. The van der Waals surface area contributed by atoms with Gasteiger partial charge in [0.05, 0.1) is 5.69 Å². The van der Waals surface area contributed by atoms with E-state index in [0.29, 0.717) is 11.5 Å². The molecule has 25 heavy (non-hydrogen) atoms. The number of aryl methyl sites for hydroxylation is 1. The van der Waals surface area contributed by atoms with Gasteiger partial charge in [0.25, 0.3) is 5.91 Å². The molecule has 132 valence electrons. The Morgan fingerprint density at radius 3 is 2.80 bits per heavy atom. The van der Waals surface area contributed by atoms with Gasteiger partial charge in [-0.1, -0.05) is 38.1 Å². The lowest BCUT2D eigenvalue weighted by molar-refractivity contribution is 0.102. The lowest BCUT2D eigenvalue weighted by atomic mass is 10.1. The minimum Gasteiger partial charge on any atom is -0.307 e. The first kappa shape index (κ1) is 17.4. The summed E-state index contributed by atoms with van der Waals surface area (Å²) in [4.78, 5) is 15.0. The third kappa shape index (κ3) is 4.37. The second-order valence-electron chi connectivity index (χ2n) is 6.88. The van der Waals surface area contributed by atoms with Crippen LogP contribution >= 0.6 is 0 Å². The number of nitrogens with one attached hydrogen (secondary N) is 1. The summed E-state index contributed by atoms with van der Waals surface area (Å²) in [6.07, 6.45) is 5.52. The van der Waals surface area contributed by atoms with E-state index < -0.39 is 0 Å². The van der Waals surface area contributed by atoms with Gasteiger partial charge in [-0.2, -0.15) is 5.10 Å². The Bertz CT molecular complexity index is 776. The summed E-state index contributed by atoms with van der Waals surface area (Å²) < 4.78 is 1.72. The molecule has 0 atom stereocenters. The van der Waals surface area contributed by atoms with Gasteiger partial charge < -0.3 is 5.32 Å². The van der Waals surface area contributed by atoms with E-state index in [-0.39, 0.29) is 5.91 Å². The van der Waals surface area contributed by atoms with Crippen molar-refractivity contribution in [3.8, 4) is 0 Å². The number of carbonyl (C=O) groups excluding carboxylic acids is 1. The molecule has 0 radical (unpaired) electrons. The molecule has 2 aromatic rings. The smallest absolute Gasteiger partial charge is 0.256 e. The lowest BCUT2D eigenvalue weighted by Gasteiger charge is -2.23. The number of hydrogen-bond acceptors (Lipinski definition) is 3. The number of hydrogen-bond donors (Lipinski definition) is 1. The summed E-state index contributed by atoms with van der Waals surface area (Å²) in [5.41, 5.74) is 2.82. The molecule has 1 aromatic heterocycles. The van der Waals surface area contributed by atoms with E-state index in [4.69, 9.17) is 0 Å². The fraction of sp³-hybridized carbons (Fsp3) is 0.400. The quantitative estimate of drug-likeness (QED) is 0.848. The number of amides is 1. The zero-order valence-electron chi connectivity index (χ0n) is 15.2. The predicted octanol–water partition coefficient (Wildman–Crippen LogP) is 3.56. The van der Waals surface area contributed by atoms with Crippen molar-refractivity contribution in [2.24, 2.45) is 7.05 Å². The number of carbonyl (C=O) groups is 1. The van der Waals surface area contributed by atoms with E-state index in [1.807, 2.05) is 31.3 Å². The Morgan fingerprint density at radius 1 is 1.28 bits per heavy atom. The fourth-order valence-corrected chi connectivity index (χ4v) is 2.98. The molecule has 0 saturated carbocycles. The normalized spacial score (nSPS) is 14.9. The second-order valence-corrected chi connectivity index (χ2v) is 6.88. The molecule has 2 heterocycles. The van der Waals surface area contributed by atoms with Crippen LogP contribution in [0.2, 0.25) is 0 Å². The molecular weight excluding hydrogens is 312 g/mol. The van der Waals surface area contributed by atoms with Crippen molar-refractivity contribution in [1.29, 1.82) is 0 Å². The van der Waals surface area contributed by atoms with E-state index in [2.05, 4.69) is 47.4 Å². The van der Waals surface area contributed by atoms with Gasteiger partial charge in [0.2, 0.25) is 0 Å². The molecule has 5 heteroatoms. The maximum atomic E-state index is 12.6. The molecule has 0 unspecified atom stereocenters. The van der Waals surface area contributed by atoms with Crippen LogP contribution in [0.1, 0.15) is 47.8 Å².